The van der Waals surface area contributed by atoms with Crippen LogP contribution in [0.5, 0.6) is 5.88 Å². The van der Waals surface area contributed by atoms with E-state index in [0.29, 0.717) is 17.3 Å². The Balaban J connectivity index is 1.63. The van der Waals surface area contributed by atoms with Crippen molar-refractivity contribution in [3.8, 4) is 17.3 Å². The number of nitrogens with zero attached hydrogens (tertiary/aromatic N) is 3. The van der Waals surface area contributed by atoms with Gasteiger partial charge in [0.2, 0.25) is 11.8 Å². The first-order valence-corrected chi connectivity index (χ1v) is 8.84. The normalized spacial score (nSPS) is 15.3. The van der Waals surface area contributed by atoms with Crippen LogP contribution in [0.3, 0.4) is 0 Å². The van der Waals surface area contributed by atoms with Crippen LogP contribution in [0.1, 0.15) is 23.2 Å². The molecule has 0 unspecified atom stereocenters. The lowest BCUT2D eigenvalue weighted by Crippen LogP contribution is -2.46. The minimum absolute atomic E-state index is 0.0818. The van der Waals surface area contributed by atoms with Crippen LogP contribution in [0, 0.1) is 0 Å². The van der Waals surface area contributed by atoms with Crippen molar-refractivity contribution in [1.29, 1.82) is 0 Å². The van der Waals surface area contributed by atoms with Gasteiger partial charge in [0.25, 0.3) is 5.91 Å². The lowest BCUT2D eigenvalue weighted by Gasteiger charge is -2.31. The number of aromatic nitrogens is 2. The van der Waals surface area contributed by atoms with Crippen molar-refractivity contribution in [2.75, 3.05) is 26.7 Å². The summed E-state index contributed by atoms with van der Waals surface area (Å²) in [6.07, 6.45) is 3.20. The topological polar surface area (TPSA) is 110 Å². The monoisotopic (exact) mass is 369 g/mol. The molecule has 8 nitrogen and oxygen atoms in total. The predicted molar refractivity (Wildman–Crippen MR) is 100 cm³/mol. The minimum atomic E-state index is -0.325. The first-order chi connectivity index (χ1) is 13.0. The smallest absolute Gasteiger partial charge is 0.251 e. The van der Waals surface area contributed by atoms with Crippen molar-refractivity contribution < 1.29 is 14.3 Å². The Kier molecular flexibility index (Phi) is 5.97. The number of rotatable bonds is 6. The molecule has 1 aliphatic heterocycles. The summed E-state index contributed by atoms with van der Waals surface area (Å²) < 4.78 is 5.12. The van der Waals surface area contributed by atoms with Crippen molar-refractivity contribution >= 4 is 11.8 Å². The zero-order valence-electron chi connectivity index (χ0n) is 15.2. The van der Waals surface area contributed by atoms with Crippen LogP contribution in [0.2, 0.25) is 0 Å². The molecular formula is C19H23N5O3. The van der Waals surface area contributed by atoms with Crippen LogP contribution < -0.4 is 15.8 Å². The fraction of sp³-hybridized carbons (Fsp3) is 0.368. The second kappa shape index (κ2) is 8.59. The van der Waals surface area contributed by atoms with Crippen molar-refractivity contribution in [1.82, 2.24) is 20.2 Å². The fourth-order valence-corrected chi connectivity index (χ4v) is 3.12. The molecule has 0 bridgehead atoms. The van der Waals surface area contributed by atoms with Crippen LogP contribution in [0.4, 0.5) is 0 Å². The van der Waals surface area contributed by atoms with E-state index in [1.807, 2.05) is 17.0 Å². The van der Waals surface area contributed by atoms with E-state index in [1.54, 1.807) is 31.5 Å². The number of methoxy groups -OCH3 is 1. The SMILES string of the molecule is COc1ccnc(-c2cccc(C(=O)NC3CCN(CC(N)=O)CC3)c2)n1. The summed E-state index contributed by atoms with van der Waals surface area (Å²) in [5.74, 6) is 0.517. The van der Waals surface area contributed by atoms with E-state index in [-0.39, 0.29) is 24.4 Å². The quantitative estimate of drug-likeness (QED) is 0.780. The molecule has 0 spiro atoms. The van der Waals surface area contributed by atoms with Crippen molar-refractivity contribution in [2.45, 2.75) is 18.9 Å². The highest BCUT2D eigenvalue weighted by Crippen LogP contribution is 2.19. The second-order valence-corrected chi connectivity index (χ2v) is 6.49. The fourth-order valence-electron chi connectivity index (χ4n) is 3.12. The molecule has 0 aliphatic carbocycles. The molecule has 1 saturated heterocycles. The van der Waals surface area contributed by atoms with E-state index in [4.69, 9.17) is 10.5 Å². The first kappa shape index (κ1) is 18.8. The van der Waals surface area contributed by atoms with Crippen LogP contribution in [0.15, 0.2) is 36.5 Å². The zero-order valence-corrected chi connectivity index (χ0v) is 15.2. The highest BCUT2D eigenvalue weighted by Gasteiger charge is 2.22. The number of hydrogen-bond acceptors (Lipinski definition) is 6. The van der Waals surface area contributed by atoms with Gasteiger partial charge in [-0.3, -0.25) is 14.5 Å². The van der Waals surface area contributed by atoms with Gasteiger partial charge in [0.1, 0.15) is 0 Å². The number of hydrogen-bond donors (Lipinski definition) is 2. The minimum Gasteiger partial charge on any atom is -0.481 e. The molecule has 2 amide bonds. The Morgan fingerprint density at radius 2 is 2.07 bits per heavy atom. The van der Waals surface area contributed by atoms with E-state index in [2.05, 4.69) is 15.3 Å². The zero-order chi connectivity index (χ0) is 19.2. The van der Waals surface area contributed by atoms with E-state index in [9.17, 15) is 9.59 Å². The third kappa shape index (κ3) is 5.01. The number of benzene rings is 1. The van der Waals surface area contributed by atoms with Crippen LogP contribution in [-0.4, -0.2) is 59.5 Å². The number of ether oxygens (including phenoxy) is 1. The average Bonchev–Trinajstić information content (AvgIpc) is 2.69. The molecule has 142 valence electrons. The first-order valence-electron chi connectivity index (χ1n) is 8.84. The molecule has 0 saturated carbocycles. The Hall–Kier alpha value is -3.00. The molecule has 8 heteroatoms. The number of carbonyl (C=O) groups excluding carboxylic acids is 2. The molecular weight excluding hydrogens is 346 g/mol. The number of likely N-dealkylation sites (tertiary alicyclic amines) is 1. The molecule has 3 N–H and O–H groups in total. The number of nitrogens with two attached hydrogens (primary N) is 1. The van der Waals surface area contributed by atoms with E-state index in [0.717, 1.165) is 31.5 Å². The molecule has 1 aromatic heterocycles. The molecule has 0 radical (unpaired) electrons. The van der Waals surface area contributed by atoms with Crippen molar-refractivity contribution in [3.05, 3.63) is 42.1 Å². The second-order valence-electron chi connectivity index (χ2n) is 6.49. The van der Waals surface area contributed by atoms with Gasteiger partial charge in [-0.2, -0.15) is 4.98 Å². The highest BCUT2D eigenvalue weighted by molar-refractivity contribution is 5.95. The van der Waals surface area contributed by atoms with Gasteiger partial charge in [0.05, 0.1) is 13.7 Å². The summed E-state index contributed by atoms with van der Waals surface area (Å²) in [6, 6.07) is 8.95. The Morgan fingerprint density at radius 1 is 1.30 bits per heavy atom. The lowest BCUT2D eigenvalue weighted by molar-refractivity contribution is -0.119. The van der Waals surface area contributed by atoms with Gasteiger partial charge in [-0.25, -0.2) is 4.98 Å². The van der Waals surface area contributed by atoms with Crippen molar-refractivity contribution in [3.63, 3.8) is 0 Å². The maximum atomic E-state index is 12.6. The number of carbonyl (C=O) groups is 2. The lowest BCUT2D eigenvalue weighted by atomic mass is 10.0. The van der Waals surface area contributed by atoms with E-state index in [1.165, 1.54) is 0 Å². The van der Waals surface area contributed by atoms with Gasteiger partial charge in [-0.05, 0) is 25.0 Å². The summed E-state index contributed by atoms with van der Waals surface area (Å²) in [5.41, 5.74) is 6.53. The van der Waals surface area contributed by atoms with Gasteiger partial charge >= 0.3 is 0 Å². The molecule has 2 aromatic rings. The largest absolute Gasteiger partial charge is 0.481 e. The molecule has 1 fully saturated rings. The molecule has 0 atom stereocenters. The highest BCUT2D eigenvalue weighted by atomic mass is 16.5. The molecule has 1 aromatic carbocycles. The summed E-state index contributed by atoms with van der Waals surface area (Å²) in [5, 5.41) is 3.06. The molecule has 2 heterocycles. The summed E-state index contributed by atoms with van der Waals surface area (Å²) in [6.45, 7) is 1.75. The number of piperidine rings is 1. The number of nitrogens with one attached hydrogen (secondary N) is 1. The average molecular weight is 369 g/mol. The number of primary amides is 1. The number of amides is 2. The maximum Gasteiger partial charge on any atom is 0.251 e. The summed E-state index contributed by atoms with van der Waals surface area (Å²) in [4.78, 5) is 34.2. The third-order valence-electron chi connectivity index (χ3n) is 4.52. The Morgan fingerprint density at radius 3 is 2.78 bits per heavy atom. The van der Waals surface area contributed by atoms with Gasteiger partial charge in [-0.15, -0.1) is 0 Å². The predicted octanol–water partition coefficient (Wildman–Crippen LogP) is 0.832. The van der Waals surface area contributed by atoms with E-state index >= 15 is 0 Å². The van der Waals surface area contributed by atoms with E-state index < -0.39 is 0 Å². The molecule has 27 heavy (non-hydrogen) atoms. The Bertz CT molecular complexity index is 818. The summed E-state index contributed by atoms with van der Waals surface area (Å²) >= 11 is 0. The van der Waals surface area contributed by atoms with Crippen LogP contribution >= 0.6 is 0 Å². The van der Waals surface area contributed by atoms with Gasteiger partial charge in [-0.1, -0.05) is 12.1 Å². The van der Waals surface area contributed by atoms with Crippen LogP contribution in [0.25, 0.3) is 11.4 Å². The van der Waals surface area contributed by atoms with Gasteiger partial charge in [0, 0.05) is 42.5 Å². The van der Waals surface area contributed by atoms with Crippen molar-refractivity contribution in [2.24, 2.45) is 5.73 Å². The van der Waals surface area contributed by atoms with Gasteiger partial charge < -0.3 is 15.8 Å². The molecule has 3 rings (SSSR count). The summed E-state index contributed by atoms with van der Waals surface area (Å²) in [7, 11) is 1.55. The molecule has 1 aliphatic rings. The third-order valence-corrected chi connectivity index (χ3v) is 4.52. The Labute approximate surface area is 157 Å². The van der Waals surface area contributed by atoms with Crippen LogP contribution in [-0.2, 0) is 4.79 Å². The van der Waals surface area contributed by atoms with Gasteiger partial charge in [0.15, 0.2) is 5.82 Å². The standard InChI is InChI=1S/C19H23N5O3/c1-27-17-5-8-21-18(23-17)13-3-2-4-14(11-13)19(26)22-15-6-9-24(10-7-15)12-16(20)25/h2-5,8,11,15H,6-7,9-10,12H2,1H3,(H2,20,25)(H,22,26). The maximum absolute atomic E-state index is 12.6.